The Bertz CT molecular complexity index is 1160. The molecule has 0 fully saturated rings. The molecule has 0 saturated heterocycles. The van der Waals surface area contributed by atoms with Gasteiger partial charge in [0.15, 0.2) is 4.80 Å². The van der Waals surface area contributed by atoms with Gasteiger partial charge in [-0.05, 0) is 31.2 Å². The number of nitro groups is 1. The number of hydrogen-bond donors (Lipinski definition) is 0. The summed E-state index contributed by atoms with van der Waals surface area (Å²) in [5.41, 5.74) is 1.20. The van der Waals surface area contributed by atoms with Crippen LogP contribution in [0.3, 0.4) is 0 Å². The molecule has 10 heteroatoms. The Morgan fingerprint density at radius 1 is 1.32 bits per heavy atom. The fraction of sp³-hybridized carbons (Fsp3) is 0.167. The lowest BCUT2D eigenvalue weighted by molar-refractivity contribution is -0.380. The zero-order chi connectivity index (χ0) is 20.3. The Morgan fingerprint density at radius 3 is 2.75 bits per heavy atom. The molecule has 28 heavy (non-hydrogen) atoms. The first kappa shape index (κ1) is 19.6. The first-order valence-electron chi connectivity index (χ1n) is 8.19. The second-order valence-corrected chi connectivity index (χ2v) is 7.57. The molecule has 0 saturated carbocycles. The number of fused-ring (bicyclic) bond motifs is 1. The van der Waals surface area contributed by atoms with Crippen molar-refractivity contribution in [1.29, 1.82) is 0 Å². The van der Waals surface area contributed by atoms with Crippen molar-refractivity contribution in [3.8, 4) is 0 Å². The van der Waals surface area contributed by atoms with Gasteiger partial charge in [-0.25, -0.2) is 4.79 Å². The van der Waals surface area contributed by atoms with Crippen LogP contribution in [0, 0.1) is 10.1 Å². The second-order valence-electron chi connectivity index (χ2n) is 5.50. The lowest BCUT2D eigenvalue weighted by Gasteiger charge is -2.03. The molecule has 2 aromatic heterocycles. The van der Waals surface area contributed by atoms with Gasteiger partial charge in [-0.15, -0.1) is 6.58 Å². The zero-order valence-corrected chi connectivity index (χ0v) is 16.4. The largest absolute Gasteiger partial charge is 0.462 e. The summed E-state index contributed by atoms with van der Waals surface area (Å²) < 4.78 is 7.57. The van der Waals surface area contributed by atoms with E-state index in [-0.39, 0.29) is 16.5 Å². The number of rotatable bonds is 6. The van der Waals surface area contributed by atoms with Crippen LogP contribution in [0.4, 0.5) is 5.00 Å². The van der Waals surface area contributed by atoms with Gasteiger partial charge >= 0.3 is 11.0 Å². The van der Waals surface area contributed by atoms with Crippen molar-refractivity contribution in [3.63, 3.8) is 0 Å². The molecule has 0 aliphatic heterocycles. The fourth-order valence-corrected chi connectivity index (χ4v) is 4.27. The van der Waals surface area contributed by atoms with Gasteiger partial charge in [0.1, 0.15) is 4.88 Å². The van der Waals surface area contributed by atoms with Gasteiger partial charge in [-0.3, -0.25) is 14.9 Å². The molecular weight excluding hydrogens is 402 g/mol. The lowest BCUT2D eigenvalue weighted by Crippen LogP contribution is -2.16. The number of benzene rings is 1. The maximum Gasteiger partial charge on any atom is 0.338 e. The van der Waals surface area contributed by atoms with E-state index in [9.17, 15) is 19.7 Å². The normalized spacial score (nSPS) is 11.5. The van der Waals surface area contributed by atoms with E-state index in [1.807, 2.05) is 0 Å². The van der Waals surface area contributed by atoms with Crippen LogP contribution in [0.15, 0.2) is 48.0 Å². The number of thiazole rings is 1. The van der Waals surface area contributed by atoms with Crippen molar-refractivity contribution in [2.24, 2.45) is 4.99 Å². The molecule has 8 nitrogen and oxygen atoms in total. The highest BCUT2D eigenvalue weighted by Crippen LogP contribution is 2.25. The van der Waals surface area contributed by atoms with Crippen molar-refractivity contribution in [2.45, 2.75) is 13.5 Å². The predicted molar refractivity (Wildman–Crippen MR) is 107 cm³/mol. The Balaban J connectivity index is 2.07. The van der Waals surface area contributed by atoms with Gasteiger partial charge in [-0.2, -0.15) is 4.99 Å². The van der Waals surface area contributed by atoms with Crippen LogP contribution in [-0.2, 0) is 11.3 Å². The molecule has 0 N–H and O–H groups in total. The van der Waals surface area contributed by atoms with Gasteiger partial charge in [0.25, 0.3) is 5.91 Å². The monoisotopic (exact) mass is 417 g/mol. The minimum absolute atomic E-state index is 0.118. The van der Waals surface area contributed by atoms with Crippen molar-refractivity contribution >= 4 is 49.8 Å². The van der Waals surface area contributed by atoms with Crippen LogP contribution in [0.5, 0.6) is 0 Å². The van der Waals surface area contributed by atoms with Crippen molar-refractivity contribution in [2.75, 3.05) is 6.61 Å². The lowest BCUT2D eigenvalue weighted by atomic mass is 10.2. The molecule has 0 atom stereocenters. The van der Waals surface area contributed by atoms with Crippen molar-refractivity contribution in [1.82, 2.24) is 4.57 Å². The van der Waals surface area contributed by atoms with E-state index in [4.69, 9.17) is 4.74 Å². The van der Waals surface area contributed by atoms with E-state index < -0.39 is 16.8 Å². The van der Waals surface area contributed by atoms with E-state index in [1.54, 1.807) is 35.8 Å². The standard InChI is InChI=1S/C18H15N3O5S2/c1-3-9-20-12-6-5-11(17(23)26-4-2)10-14(12)28-18(20)19-16(22)13-7-8-15(27-13)21(24)25/h3,5-8,10H,1,4,9H2,2H3. The number of ether oxygens (including phenoxy) is 1. The Labute approximate surface area is 167 Å². The third-order valence-corrected chi connectivity index (χ3v) is 5.75. The number of nitrogens with zero attached hydrogens (tertiary/aromatic N) is 3. The SMILES string of the molecule is C=CCn1c(=NC(=O)c2ccc([N+](=O)[O-])s2)sc2cc(C(=O)OCC)ccc21. The number of allylic oxidation sites excluding steroid dienone is 1. The van der Waals surface area contributed by atoms with E-state index in [1.165, 1.54) is 23.5 Å². The maximum absolute atomic E-state index is 12.5. The third-order valence-electron chi connectivity index (χ3n) is 3.69. The summed E-state index contributed by atoms with van der Waals surface area (Å²) in [5.74, 6) is -0.985. The summed E-state index contributed by atoms with van der Waals surface area (Å²) >= 11 is 2.02. The molecule has 3 rings (SSSR count). The number of esters is 1. The third kappa shape index (κ3) is 3.92. The molecule has 3 aromatic rings. The van der Waals surface area contributed by atoms with Crippen LogP contribution >= 0.6 is 22.7 Å². The maximum atomic E-state index is 12.5. The molecule has 0 aliphatic rings. The summed E-state index contributed by atoms with van der Waals surface area (Å²) in [4.78, 5) is 39.4. The molecule has 2 heterocycles. The second kappa shape index (κ2) is 8.28. The van der Waals surface area contributed by atoms with Gasteiger partial charge in [-0.1, -0.05) is 28.7 Å². The number of aromatic nitrogens is 1. The molecule has 0 unspecified atom stereocenters. The fourth-order valence-electron chi connectivity index (χ4n) is 2.49. The van der Waals surface area contributed by atoms with E-state index in [0.29, 0.717) is 16.9 Å². The molecule has 0 spiro atoms. The molecule has 144 valence electrons. The Hall–Kier alpha value is -3.11. The summed E-state index contributed by atoms with van der Waals surface area (Å²) in [6, 6.07) is 7.78. The molecule has 1 amide bonds. The minimum atomic E-state index is -0.562. The number of hydrogen-bond acceptors (Lipinski definition) is 7. The van der Waals surface area contributed by atoms with E-state index in [2.05, 4.69) is 11.6 Å². The van der Waals surface area contributed by atoms with Gasteiger partial charge in [0.05, 0.1) is 27.3 Å². The topological polar surface area (TPSA) is 104 Å². The van der Waals surface area contributed by atoms with Crippen LogP contribution in [-0.4, -0.2) is 28.0 Å². The summed E-state index contributed by atoms with van der Waals surface area (Å²) in [5, 5.41) is 10.7. The quantitative estimate of drug-likeness (QED) is 0.263. The average Bonchev–Trinajstić information content (AvgIpc) is 3.28. The molecule has 0 radical (unpaired) electrons. The molecule has 0 bridgehead atoms. The van der Waals surface area contributed by atoms with Crippen LogP contribution in [0.1, 0.15) is 27.0 Å². The van der Waals surface area contributed by atoms with Crippen LogP contribution in [0.25, 0.3) is 10.2 Å². The predicted octanol–water partition coefficient (Wildman–Crippen LogP) is 3.78. The number of carbonyl (C=O) groups excluding carboxylic acids is 2. The molecule has 1 aromatic carbocycles. The Kier molecular flexibility index (Phi) is 5.81. The van der Waals surface area contributed by atoms with Gasteiger partial charge < -0.3 is 9.30 Å². The highest BCUT2D eigenvalue weighted by Gasteiger charge is 2.16. The summed E-state index contributed by atoms with van der Waals surface area (Å²) in [6.07, 6.45) is 1.67. The van der Waals surface area contributed by atoms with Crippen molar-refractivity contribution in [3.05, 3.63) is 68.3 Å². The summed E-state index contributed by atoms with van der Waals surface area (Å²) in [7, 11) is 0. The van der Waals surface area contributed by atoms with E-state index >= 15 is 0 Å². The summed E-state index contributed by atoms with van der Waals surface area (Å²) in [6.45, 7) is 6.15. The van der Waals surface area contributed by atoms with Gasteiger partial charge in [0, 0.05) is 12.6 Å². The first-order valence-corrected chi connectivity index (χ1v) is 9.82. The number of amides is 1. The highest BCUT2D eigenvalue weighted by molar-refractivity contribution is 7.17. The first-order chi connectivity index (χ1) is 13.4. The number of thiophene rings is 1. The highest BCUT2D eigenvalue weighted by atomic mass is 32.1. The van der Waals surface area contributed by atoms with Gasteiger partial charge in [0.2, 0.25) is 0 Å². The Morgan fingerprint density at radius 2 is 2.11 bits per heavy atom. The van der Waals surface area contributed by atoms with Crippen LogP contribution in [0.2, 0.25) is 0 Å². The number of carbonyl (C=O) groups is 2. The zero-order valence-electron chi connectivity index (χ0n) is 14.8. The minimum Gasteiger partial charge on any atom is -0.462 e. The average molecular weight is 417 g/mol. The van der Waals surface area contributed by atoms with E-state index in [0.717, 1.165) is 21.6 Å². The molecule has 0 aliphatic carbocycles. The molecular formula is C18H15N3O5S2. The van der Waals surface area contributed by atoms with Crippen LogP contribution < -0.4 is 4.80 Å². The smallest absolute Gasteiger partial charge is 0.338 e. The van der Waals surface area contributed by atoms with Crippen molar-refractivity contribution < 1.29 is 19.2 Å².